The van der Waals surface area contributed by atoms with Gasteiger partial charge in [0.05, 0.1) is 0 Å². The predicted molar refractivity (Wildman–Crippen MR) is 82.9 cm³/mol. The molecule has 2 heterocycles. The van der Waals surface area contributed by atoms with Gasteiger partial charge in [0, 0.05) is 23.0 Å². The molecule has 1 saturated heterocycles. The number of hydrogen-bond donors (Lipinski definition) is 1. The van der Waals surface area contributed by atoms with E-state index in [1.165, 1.54) is 5.56 Å². The minimum atomic E-state index is -0.154. The quantitative estimate of drug-likeness (QED) is 0.948. The number of nitrogens with zero attached hydrogens (tertiary/aromatic N) is 1. The van der Waals surface area contributed by atoms with E-state index in [1.807, 2.05) is 12.1 Å². The van der Waals surface area contributed by atoms with Crippen LogP contribution in [-0.4, -0.2) is 29.7 Å². The van der Waals surface area contributed by atoms with E-state index in [-0.39, 0.29) is 5.56 Å². The molecule has 5 heteroatoms. The highest BCUT2D eigenvalue weighted by Gasteiger charge is 2.29. The van der Waals surface area contributed by atoms with Crippen LogP contribution in [0.2, 0.25) is 5.02 Å². The Bertz CT molecular complexity index is 647. The van der Waals surface area contributed by atoms with Gasteiger partial charge in [0.1, 0.15) is 5.76 Å². The van der Waals surface area contributed by atoms with Gasteiger partial charge >= 0.3 is 0 Å². The van der Waals surface area contributed by atoms with E-state index >= 15 is 0 Å². The average molecular weight is 307 g/mol. The summed E-state index contributed by atoms with van der Waals surface area (Å²) in [5.41, 5.74) is 1.13. The van der Waals surface area contributed by atoms with Gasteiger partial charge < -0.3 is 9.42 Å². The third-order valence-electron chi connectivity index (χ3n) is 4.34. The van der Waals surface area contributed by atoms with Crippen LogP contribution in [0.4, 0.5) is 0 Å². The van der Waals surface area contributed by atoms with Gasteiger partial charge in [-0.2, -0.15) is 5.16 Å². The Morgan fingerprint density at radius 1 is 1.38 bits per heavy atom. The molecular formula is C16H19ClN2O2. The Morgan fingerprint density at radius 3 is 2.81 bits per heavy atom. The molecule has 21 heavy (non-hydrogen) atoms. The first kappa shape index (κ1) is 14.4. The van der Waals surface area contributed by atoms with Gasteiger partial charge in [0.2, 0.25) is 0 Å². The lowest BCUT2D eigenvalue weighted by molar-refractivity contribution is 0.155. The Balaban J connectivity index is 1.71. The smallest absolute Gasteiger partial charge is 0.280 e. The number of nitrogens with one attached hydrogen (secondary N) is 1. The number of halogens is 1. The lowest BCUT2D eigenvalue weighted by Crippen LogP contribution is -2.40. The fourth-order valence-corrected chi connectivity index (χ4v) is 3.18. The number of rotatable bonds is 3. The normalized spacial score (nSPS) is 23.3. The van der Waals surface area contributed by atoms with E-state index in [2.05, 4.69) is 29.2 Å². The molecule has 4 nitrogen and oxygen atoms in total. The maximum Gasteiger partial charge on any atom is 0.280 e. The van der Waals surface area contributed by atoms with Gasteiger partial charge in [-0.25, -0.2) is 0 Å². The number of hydrogen-bond acceptors (Lipinski definition) is 3. The van der Waals surface area contributed by atoms with Crippen molar-refractivity contribution in [3.8, 4) is 0 Å². The maximum absolute atomic E-state index is 11.2. The third kappa shape index (κ3) is 3.39. The summed E-state index contributed by atoms with van der Waals surface area (Å²) in [7, 11) is 2.16. The number of aromatic amines is 1. The topological polar surface area (TPSA) is 49.2 Å². The second-order valence-corrected chi connectivity index (χ2v) is 6.24. The zero-order chi connectivity index (χ0) is 14.8. The van der Waals surface area contributed by atoms with E-state index in [4.69, 9.17) is 16.1 Å². The van der Waals surface area contributed by atoms with E-state index in [9.17, 15) is 4.79 Å². The third-order valence-corrected chi connectivity index (χ3v) is 4.59. The molecular weight excluding hydrogens is 288 g/mol. The molecule has 1 aliphatic rings. The van der Waals surface area contributed by atoms with Crippen LogP contribution >= 0.6 is 11.6 Å². The van der Waals surface area contributed by atoms with Crippen molar-refractivity contribution in [3.05, 3.63) is 57.0 Å². The van der Waals surface area contributed by atoms with Crippen LogP contribution in [0.5, 0.6) is 0 Å². The summed E-state index contributed by atoms with van der Waals surface area (Å²) in [5.74, 6) is 1.10. The van der Waals surface area contributed by atoms with Crippen LogP contribution in [0.25, 0.3) is 0 Å². The fraction of sp³-hybridized carbons (Fsp3) is 0.438. The molecule has 2 aromatic rings. The van der Waals surface area contributed by atoms with Crippen LogP contribution in [-0.2, 0) is 6.42 Å². The molecule has 0 spiro atoms. The van der Waals surface area contributed by atoms with Crippen LogP contribution in [0, 0.1) is 0 Å². The number of likely N-dealkylation sites (N-methyl/N-ethyl adjacent to an activating group) is 1. The molecule has 112 valence electrons. The Labute approximate surface area is 128 Å². The van der Waals surface area contributed by atoms with Crippen molar-refractivity contribution in [2.24, 2.45) is 0 Å². The van der Waals surface area contributed by atoms with E-state index < -0.39 is 0 Å². The molecule has 1 aliphatic heterocycles. The van der Waals surface area contributed by atoms with Crippen molar-refractivity contribution in [2.75, 3.05) is 13.6 Å². The zero-order valence-electron chi connectivity index (χ0n) is 12.0. The fourth-order valence-electron chi connectivity index (χ4n) is 3.06. The van der Waals surface area contributed by atoms with Crippen LogP contribution in [0.1, 0.15) is 30.1 Å². The van der Waals surface area contributed by atoms with Gasteiger partial charge in [-0.1, -0.05) is 23.7 Å². The number of H-pyrrole nitrogens is 1. The van der Waals surface area contributed by atoms with Crippen LogP contribution in [0.15, 0.2) is 39.6 Å². The molecule has 0 aliphatic carbocycles. The molecule has 0 unspecified atom stereocenters. The number of aromatic nitrogens is 1. The molecule has 0 amide bonds. The Kier molecular flexibility index (Phi) is 4.17. The molecule has 0 saturated carbocycles. The summed E-state index contributed by atoms with van der Waals surface area (Å²) in [6, 6.07) is 10.1. The Morgan fingerprint density at radius 2 is 2.14 bits per heavy atom. The van der Waals surface area contributed by atoms with Crippen LogP contribution < -0.4 is 5.56 Å². The van der Waals surface area contributed by atoms with E-state index in [0.717, 1.165) is 36.6 Å². The molecule has 1 aromatic heterocycles. The molecule has 1 fully saturated rings. The highest BCUT2D eigenvalue weighted by Crippen LogP contribution is 2.31. The zero-order valence-corrected chi connectivity index (χ0v) is 12.8. The lowest BCUT2D eigenvalue weighted by Gasteiger charge is -2.36. The summed E-state index contributed by atoms with van der Waals surface area (Å²) in [6.45, 7) is 1.01. The minimum Gasteiger partial charge on any atom is -0.383 e. The summed E-state index contributed by atoms with van der Waals surface area (Å²) >= 11 is 5.93. The standard InChI is InChI=1S/C16H19ClN2O2/c1-19-7-6-12(15-10-16(20)18-21-15)9-14(19)8-11-2-4-13(17)5-3-11/h2-5,10,12,14H,6-9H2,1H3,(H,18,20)/t12-,14+/m0/s1. The predicted octanol–water partition coefficient (Wildman–Crippen LogP) is 3.04. The largest absolute Gasteiger partial charge is 0.383 e. The second kappa shape index (κ2) is 6.08. The van der Waals surface area contributed by atoms with Gasteiger partial charge in [-0.05, 0) is 50.6 Å². The van der Waals surface area contributed by atoms with Crippen molar-refractivity contribution in [1.29, 1.82) is 0 Å². The summed E-state index contributed by atoms with van der Waals surface area (Å²) < 4.78 is 5.28. The van der Waals surface area contributed by atoms with Gasteiger partial charge in [0.15, 0.2) is 0 Å². The molecule has 0 radical (unpaired) electrons. The number of benzene rings is 1. The lowest BCUT2D eigenvalue weighted by atomic mass is 9.86. The first-order valence-electron chi connectivity index (χ1n) is 7.25. The van der Waals surface area contributed by atoms with Gasteiger partial charge in [0.25, 0.3) is 5.56 Å². The molecule has 3 rings (SSSR count). The van der Waals surface area contributed by atoms with Crippen molar-refractivity contribution in [3.63, 3.8) is 0 Å². The van der Waals surface area contributed by atoms with E-state index in [1.54, 1.807) is 6.07 Å². The molecule has 1 N–H and O–H groups in total. The van der Waals surface area contributed by atoms with Crippen LogP contribution in [0.3, 0.4) is 0 Å². The van der Waals surface area contributed by atoms with Gasteiger partial charge in [-0.3, -0.25) is 4.79 Å². The summed E-state index contributed by atoms with van der Waals surface area (Å²) in [4.78, 5) is 13.6. The van der Waals surface area contributed by atoms with Crippen molar-refractivity contribution >= 4 is 11.6 Å². The molecule has 0 bridgehead atoms. The van der Waals surface area contributed by atoms with Crippen molar-refractivity contribution in [2.45, 2.75) is 31.2 Å². The second-order valence-electron chi connectivity index (χ2n) is 5.80. The summed E-state index contributed by atoms with van der Waals surface area (Å²) in [6.07, 6.45) is 3.01. The van der Waals surface area contributed by atoms with E-state index in [0.29, 0.717) is 12.0 Å². The first-order valence-corrected chi connectivity index (χ1v) is 7.62. The maximum atomic E-state index is 11.2. The number of likely N-dealkylation sites (tertiary alicyclic amines) is 1. The highest BCUT2D eigenvalue weighted by molar-refractivity contribution is 6.30. The molecule has 1 aromatic carbocycles. The number of piperidine rings is 1. The average Bonchev–Trinajstić information content (AvgIpc) is 2.90. The molecule has 2 atom stereocenters. The monoisotopic (exact) mass is 306 g/mol. The highest BCUT2D eigenvalue weighted by atomic mass is 35.5. The van der Waals surface area contributed by atoms with Crippen molar-refractivity contribution in [1.82, 2.24) is 10.1 Å². The van der Waals surface area contributed by atoms with Gasteiger partial charge in [-0.15, -0.1) is 0 Å². The SMILES string of the molecule is CN1CC[C@H](c2cc(=O)[nH]o2)C[C@H]1Cc1ccc(Cl)cc1. The van der Waals surface area contributed by atoms with Crippen molar-refractivity contribution < 1.29 is 4.52 Å². The Hall–Kier alpha value is -1.52. The summed E-state index contributed by atoms with van der Waals surface area (Å²) in [5, 5.41) is 3.16. The first-order chi connectivity index (χ1) is 10.1. The minimum absolute atomic E-state index is 0.154.